The lowest BCUT2D eigenvalue weighted by molar-refractivity contribution is -0.384. The molecule has 0 fully saturated rings. The molecule has 9 nitrogen and oxygen atoms in total. The molecule has 0 aromatic heterocycles. The topological polar surface area (TPSA) is 98.5 Å². The van der Waals surface area contributed by atoms with E-state index < -0.39 is 4.92 Å². The van der Waals surface area contributed by atoms with Crippen LogP contribution in [0, 0.1) is 10.1 Å². The maximum atomic E-state index is 10.6. The average Bonchev–Trinajstić information content (AvgIpc) is 2.87. The number of hydrogen-bond acceptors (Lipinski definition) is 8. The minimum Gasteiger partial charge on any atom is -0.491 e. The van der Waals surface area contributed by atoms with Crippen LogP contribution in [0.5, 0.6) is 5.75 Å². The Hall–Kier alpha value is -1.78. The molecule has 0 unspecified atom stereocenters. The number of benzene rings is 1. The van der Waals surface area contributed by atoms with Crippen molar-refractivity contribution in [2.45, 2.75) is 58.3 Å². The summed E-state index contributed by atoms with van der Waals surface area (Å²) in [6.07, 6.45) is 10.5. The Kier molecular flexibility index (Phi) is 21.4. The lowest BCUT2D eigenvalue weighted by Crippen LogP contribution is -2.14. The minimum absolute atomic E-state index is 0.0384. The van der Waals surface area contributed by atoms with Crippen LogP contribution >= 0.6 is 0 Å². The summed E-state index contributed by atoms with van der Waals surface area (Å²) in [6.45, 7) is 8.15. The van der Waals surface area contributed by atoms with Crippen LogP contribution in [0.4, 0.5) is 5.69 Å². The quantitative estimate of drug-likeness (QED) is 0.0975. The largest absolute Gasteiger partial charge is 0.491 e. The van der Waals surface area contributed by atoms with Crippen molar-refractivity contribution in [3.05, 3.63) is 34.4 Å². The van der Waals surface area contributed by atoms with Crippen molar-refractivity contribution in [1.82, 2.24) is 0 Å². The molecule has 0 spiro atoms. The van der Waals surface area contributed by atoms with Crippen LogP contribution in [0.2, 0.25) is 0 Å². The number of ether oxygens (including phenoxy) is 6. The fourth-order valence-electron chi connectivity index (χ4n) is 3.20. The smallest absolute Gasteiger partial charge is 0.269 e. The van der Waals surface area contributed by atoms with Gasteiger partial charge in [-0.05, 0) is 18.6 Å². The zero-order valence-corrected chi connectivity index (χ0v) is 21.5. The van der Waals surface area contributed by atoms with E-state index in [9.17, 15) is 10.1 Å². The first kappa shape index (κ1) is 31.3. The van der Waals surface area contributed by atoms with Crippen LogP contribution in [0.15, 0.2) is 24.3 Å². The maximum Gasteiger partial charge on any atom is 0.269 e. The fraction of sp³-hybridized carbons (Fsp3) is 0.769. The van der Waals surface area contributed by atoms with E-state index >= 15 is 0 Å². The van der Waals surface area contributed by atoms with Gasteiger partial charge in [0.2, 0.25) is 0 Å². The first-order chi connectivity index (χ1) is 17.2. The average molecular weight is 500 g/mol. The third-order valence-corrected chi connectivity index (χ3v) is 5.17. The van der Waals surface area contributed by atoms with E-state index in [4.69, 9.17) is 28.4 Å². The zero-order valence-electron chi connectivity index (χ0n) is 21.5. The van der Waals surface area contributed by atoms with E-state index in [2.05, 4.69) is 6.92 Å². The molecule has 0 amide bonds. The van der Waals surface area contributed by atoms with E-state index in [0.29, 0.717) is 71.8 Å². The molecule has 1 aromatic carbocycles. The Morgan fingerprint density at radius 2 is 0.971 bits per heavy atom. The number of nitro benzene ring substituents is 1. The number of non-ortho nitro benzene ring substituents is 1. The second-order valence-corrected chi connectivity index (χ2v) is 8.14. The van der Waals surface area contributed by atoms with Crippen LogP contribution in [-0.2, 0) is 23.7 Å². The van der Waals surface area contributed by atoms with Gasteiger partial charge in [0, 0.05) is 18.7 Å². The molecular formula is C26H45NO8. The molecule has 0 heterocycles. The summed E-state index contributed by atoms with van der Waals surface area (Å²) < 4.78 is 32.9. The van der Waals surface area contributed by atoms with Gasteiger partial charge < -0.3 is 28.4 Å². The molecule has 0 saturated heterocycles. The Bertz CT molecular complexity index is 600. The second kappa shape index (κ2) is 23.9. The molecule has 0 aliphatic rings. The summed E-state index contributed by atoms with van der Waals surface area (Å²) in [5, 5.41) is 10.6. The van der Waals surface area contributed by atoms with E-state index in [0.717, 1.165) is 13.0 Å². The van der Waals surface area contributed by atoms with E-state index in [1.807, 2.05) is 0 Å². The van der Waals surface area contributed by atoms with Crippen molar-refractivity contribution in [2.75, 3.05) is 72.7 Å². The first-order valence-corrected chi connectivity index (χ1v) is 13.0. The molecule has 9 heteroatoms. The molecule has 0 saturated carbocycles. The van der Waals surface area contributed by atoms with Gasteiger partial charge in [-0.2, -0.15) is 0 Å². The van der Waals surface area contributed by atoms with Gasteiger partial charge in [-0.3, -0.25) is 10.1 Å². The zero-order chi connectivity index (χ0) is 25.2. The highest BCUT2D eigenvalue weighted by Crippen LogP contribution is 2.17. The van der Waals surface area contributed by atoms with Crippen LogP contribution < -0.4 is 4.74 Å². The standard InChI is InChI=1S/C26H45NO8/c1-2-3-4-5-6-7-8-9-14-30-15-16-31-17-18-32-19-20-33-21-22-34-23-24-35-26-12-10-25(11-13-26)27(28)29/h10-13H,2-9,14-24H2,1H3. The summed E-state index contributed by atoms with van der Waals surface area (Å²) in [7, 11) is 0. The highest BCUT2D eigenvalue weighted by Gasteiger charge is 2.04. The van der Waals surface area contributed by atoms with Crippen LogP contribution in [0.25, 0.3) is 0 Å². The Morgan fingerprint density at radius 1 is 0.571 bits per heavy atom. The SMILES string of the molecule is CCCCCCCCCCOCCOCCOCCOCCOCCOc1ccc([N+](=O)[O-])cc1. The number of hydrogen-bond donors (Lipinski definition) is 0. The molecule has 0 radical (unpaired) electrons. The summed E-state index contributed by atoms with van der Waals surface area (Å²) in [5.41, 5.74) is 0.0384. The minimum atomic E-state index is -0.443. The van der Waals surface area contributed by atoms with Gasteiger partial charge in [0.15, 0.2) is 0 Å². The second-order valence-electron chi connectivity index (χ2n) is 8.14. The molecule has 0 bridgehead atoms. The lowest BCUT2D eigenvalue weighted by Gasteiger charge is -2.08. The maximum absolute atomic E-state index is 10.6. The lowest BCUT2D eigenvalue weighted by atomic mass is 10.1. The summed E-state index contributed by atoms with van der Waals surface area (Å²) in [6, 6.07) is 5.95. The number of nitro groups is 1. The molecule has 0 aliphatic carbocycles. The van der Waals surface area contributed by atoms with Crippen LogP contribution in [-0.4, -0.2) is 77.6 Å². The monoisotopic (exact) mass is 499 g/mol. The Balaban J connectivity index is 1.71. The fourth-order valence-corrected chi connectivity index (χ4v) is 3.20. The molecule has 1 rings (SSSR count). The van der Waals surface area contributed by atoms with Gasteiger partial charge in [-0.1, -0.05) is 51.9 Å². The highest BCUT2D eigenvalue weighted by molar-refractivity contribution is 5.35. The van der Waals surface area contributed by atoms with Gasteiger partial charge in [0.1, 0.15) is 12.4 Å². The molecular weight excluding hydrogens is 454 g/mol. The molecule has 0 N–H and O–H groups in total. The third-order valence-electron chi connectivity index (χ3n) is 5.17. The molecule has 0 aliphatic heterocycles. The van der Waals surface area contributed by atoms with Gasteiger partial charge in [0.05, 0.1) is 64.4 Å². The number of unbranched alkanes of at least 4 members (excludes halogenated alkanes) is 7. The van der Waals surface area contributed by atoms with Gasteiger partial charge in [-0.15, -0.1) is 0 Å². The van der Waals surface area contributed by atoms with Crippen molar-refractivity contribution in [2.24, 2.45) is 0 Å². The number of rotatable bonds is 26. The third kappa shape index (κ3) is 20.1. The van der Waals surface area contributed by atoms with Crippen molar-refractivity contribution >= 4 is 5.69 Å². The normalized spacial score (nSPS) is 11.1. The Morgan fingerprint density at radius 3 is 1.43 bits per heavy atom. The predicted molar refractivity (Wildman–Crippen MR) is 135 cm³/mol. The van der Waals surface area contributed by atoms with Crippen molar-refractivity contribution in [1.29, 1.82) is 0 Å². The van der Waals surface area contributed by atoms with Gasteiger partial charge in [-0.25, -0.2) is 0 Å². The summed E-state index contributed by atoms with van der Waals surface area (Å²) in [4.78, 5) is 10.2. The Labute approximate surface area is 210 Å². The molecule has 202 valence electrons. The molecule has 0 atom stereocenters. The first-order valence-electron chi connectivity index (χ1n) is 13.0. The van der Waals surface area contributed by atoms with Crippen LogP contribution in [0.1, 0.15) is 58.3 Å². The highest BCUT2D eigenvalue weighted by atomic mass is 16.6. The molecule has 1 aromatic rings. The molecule has 35 heavy (non-hydrogen) atoms. The number of nitrogens with zero attached hydrogens (tertiary/aromatic N) is 1. The van der Waals surface area contributed by atoms with Gasteiger partial charge in [0.25, 0.3) is 5.69 Å². The van der Waals surface area contributed by atoms with Crippen molar-refractivity contribution in [3.63, 3.8) is 0 Å². The van der Waals surface area contributed by atoms with Gasteiger partial charge >= 0.3 is 0 Å². The summed E-state index contributed by atoms with van der Waals surface area (Å²) in [5.74, 6) is 0.572. The summed E-state index contributed by atoms with van der Waals surface area (Å²) >= 11 is 0. The van der Waals surface area contributed by atoms with Crippen molar-refractivity contribution in [3.8, 4) is 5.75 Å². The van der Waals surface area contributed by atoms with E-state index in [1.54, 1.807) is 12.1 Å². The predicted octanol–water partition coefficient (Wildman–Crippen LogP) is 5.20. The van der Waals surface area contributed by atoms with E-state index in [1.165, 1.54) is 57.1 Å². The van der Waals surface area contributed by atoms with Crippen LogP contribution in [0.3, 0.4) is 0 Å². The van der Waals surface area contributed by atoms with E-state index in [-0.39, 0.29) is 5.69 Å². The van der Waals surface area contributed by atoms with Crippen molar-refractivity contribution < 1.29 is 33.3 Å².